The molecule has 2 aliphatic heterocycles. The van der Waals surface area contributed by atoms with Crippen LogP contribution >= 0.6 is 0 Å². The van der Waals surface area contributed by atoms with Crippen LogP contribution in [0.5, 0.6) is 0 Å². The van der Waals surface area contributed by atoms with Crippen molar-refractivity contribution in [3.63, 3.8) is 0 Å². The van der Waals surface area contributed by atoms with E-state index in [1.165, 1.54) is 29.0 Å². The highest BCUT2D eigenvalue weighted by atomic mass is 19.1. The van der Waals surface area contributed by atoms with Crippen molar-refractivity contribution in [3.05, 3.63) is 28.4 Å². The second-order valence-electron chi connectivity index (χ2n) is 10.0. The first-order chi connectivity index (χ1) is 16.3. The van der Waals surface area contributed by atoms with E-state index in [0.717, 1.165) is 45.6 Å². The van der Waals surface area contributed by atoms with Gasteiger partial charge in [-0.15, -0.1) is 0 Å². The van der Waals surface area contributed by atoms with E-state index in [0.29, 0.717) is 23.2 Å². The van der Waals surface area contributed by atoms with E-state index in [-0.39, 0.29) is 24.3 Å². The lowest BCUT2D eigenvalue weighted by Crippen LogP contribution is -2.48. The number of nitrogens with one attached hydrogen (secondary N) is 1. The summed E-state index contributed by atoms with van der Waals surface area (Å²) in [6.07, 6.45) is 4.95. The predicted molar refractivity (Wildman–Crippen MR) is 127 cm³/mol. The van der Waals surface area contributed by atoms with E-state index in [1.54, 1.807) is 12.1 Å². The number of amides is 2. The van der Waals surface area contributed by atoms with Crippen LogP contribution in [0.1, 0.15) is 44.6 Å². The Morgan fingerprint density at radius 3 is 2.41 bits per heavy atom. The lowest BCUT2D eigenvalue weighted by atomic mass is 9.86. The number of piperazine rings is 1. The highest BCUT2D eigenvalue weighted by Crippen LogP contribution is 2.31. The van der Waals surface area contributed by atoms with Crippen molar-refractivity contribution < 1.29 is 14.0 Å². The quantitative estimate of drug-likeness (QED) is 0.646. The number of hydrogen-bond acceptors (Lipinski definition) is 6. The summed E-state index contributed by atoms with van der Waals surface area (Å²) < 4.78 is 18.3. The molecule has 1 saturated carbocycles. The number of imide groups is 1. The molecule has 0 spiro atoms. The number of fused-ring (bicyclic) bond motifs is 1. The van der Waals surface area contributed by atoms with Crippen molar-refractivity contribution >= 4 is 28.5 Å². The third-order valence-corrected chi connectivity index (χ3v) is 7.81. The zero-order valence-corrected chi connectivity index (χ0v) is 19.6. The first kappa shape index (κ1) is 23.0. The number of imidazole rings is 1. The van der Waals surface area contributed by atoms with Crippen LogP contribution in [0.2, 0.25) is 0 Å². The van der Waals surface area contributed by atoms with Gasteiger partial charge in [-0.2, -0.15) is 0 Å². The minimum absolute atomic E-state index is 0.151. The monoisotopic (exact) mass is 472 g/mol. The Kier molecular flexibility index (Phi) is 6.20. The van der Waals surface area contributed by atoms with Crippen LogP contribution in [0.3, 0.4) is 0 Å². The summed E-state index contributed by atoms with van der Waals surface area (Å²) in [4.78, 5) is 41.4. The molecule has 184 valence electrons. The molecule has 3 N–H and O–H groups in total. The van der Waals surface area contributed by atoms with Crippen LogP contribution in [-0.4, -0.2) is 64.6 Å². The minimum atomic E-state index is -0.822. The molecule has 3 heterocycles. The highest BCUT2D eigenvalue weighted by Gasteiger charge is 2.33. The van der Waals surface area contributed by atoms with Gasteiger partial charge in [0.2, 0.25) is 11.8 Å². The van der Waals surface area contributed by atoms with Crippen LogP contribution in [0.25, 0.3) is 11.0 Å². The molecule has 3 fully saturated rings. The van der Waals surface area contributed by atoms with Crippen molar-refractivity contribution in [2.75, 3.05) is 37.6 Å². The summed E-state index contributed by atoms with van der Waals surface area (Å²) in [5.41, 5.74) is 6.61. The number of aryl methyl sites for hydroxylation is 1. The van der Waals surface area contributed by atoms with Crippen molar-refractivity contribution in [2.24, 2.45) is 18.7 Å². The standard InChI is InChI=1S/C24H33FN6O3/c1-28-22-18(31(24(28)34)19-8-9-20(32)27-23(19)33)7-6-17(21(22)25)30-12-10-29(11-13-30)14-15-2-4-16(26)5-3-15/h6-7,15-16,19H,2-5,8-14,26H2,1H3,(H,27,32,33). The molecule has 1 aromatic carbocycles. The molecule has 2 amide bonds. The second-order valence-corrected chi connectivity index (χ2v) is 10.0. The molecule has 9 nitrogen and oxygen atoms in total. The summed E-state index contributed by atoms with van der Waals surface area (Å²) in [5, 5.41) is 2.28. The van der Waals surface area contributed by atoms with Gasteiger partial charge in [-0.3, -0.25) is 28.9 Å². The van der Waals surface area contributed by atoms with Crippen molar-refractivity contribution in [2.45, 2.75) is 50.6 Å². The molecule has 3 aliphatic rings. The minimum Gasteiger partial charge on any atom is -0.367 e. The van der Waals surface area contributed by atoms with Gasteiger partial charge in [-0.05, 0) is 50.2 Å². The fourth-order valence-corrected chi connectivity index (χ4v) is 5.80. The smallest absolute Gasteiger partial charge is 0.329 e. The van der Waals surface area contributed by atoms with Crippen LogP contribution in [0.4, 0.5) is 10.1 Å². The largest absolute Gasteiger partial charge is 0.367 e. The van der Waals surface area contributed by atoms with Gasteiger partial charge in [-0.25, -0.2) is 9.18 Å². The maximum atomic E-state index is 15.7. The molecule has 2 aromatic rings. The number of carbonyl (C=O) groups is 2. The van der Waals surface area contributed by atoms with E-state index in [4.69, 9.17) is 5.73 Å². The Balaban J connectivity index is 1.34. The van der Waals surface area contributed by atoms with Gasteiger partial charge < -0.3 is 10.6 Å². The van der Waals surface area contributed by atoms with E-state index < -0.39 is 23.5 Å². The number of piperidine rings is 1. The molecule has 5 rings (SSSR count). The molecule has 1 aromatic heterocycles. The normalized spacial score (nSPS) is 26.8. The SMILES string of the molecule is Cn1c(=O)n(C2CCC(=O)NC2=O)c2ccc(N3CCN(CC4CCC(N)CC4)CC3)c(F)c21. The predicted octanol–water partition coefficient (Wildman–Crippen LogP) is 1.10. The maximum Gasteiger partial charge on any atom is 0.329 e. The van der Waals surface area contributed by atoms with Gasteiger partial charge in [-0.1, -0.05) is 0 Å². The van der Waals surface area contributed by atoms with Gasteiger partial charge in [0.15, 0.2) is 5.82 Å². The second kappa shape index (κ2) is 9.14. The lowest BCUT2D eigenvalue weighted by molar-refractivity contribution is -0.135. The summed E-state index contributed by atoms with van der Waals surface area (Å²) >= 11 is 0. The van der Waals surface area contributed by atoms with E-state index in [2.05, 4.69) is 10.2 Å². The van der Waals surface area contributed by atoms with Gasteiger partial charge in [0, 0.05) is 52.2 Å². The summed E-state index contributed by atoms with van der Waals surface area (Å²) in [6.45, 7) is 4.25. The number of aromatic nitrogens is 2. The number of hydrogen-bond donors (Lipinski definition) is 2. The average molecular weight is 473 g/mol. The Morgan fingerprint density at radius 2 is 1.74 bits per heavy atom. The Morgan fingerprint density at radius 1 is 1.03 bits per heavy atom. The topological polar surface area (TPSA) is 106 Å². The first-order valence-corrected chi connectivity index (χ1v) is 12.3. The Bertz CT molecular complexity index is 1160. The third kappa shape index (κ3) is 4.13. The summed E-state index contributed by atoms with van der Waals surface area (Å²) in [7, 11) is 1.52. The molecule has 1 atom stereocenters. The summed E-state index contributed by atoms with van der Waals surface area (Å²) in [6, 6.07) is 2.96. The van der Waals surface area contributed by atoms with Crippen molar-refractivity contribution in [1.82, 2.24) is 19.4 Å². The van der Waals surface area contributed by atoms with E-state index >= 15 is 4.39 Å². The van der Waals surface area contributed by atoms with Gasteiger partial charge in [0.25, 0.3) is 0 Å². The number of halogens is 1. The molecule has 0 bridgehead atoms. The zero-order chi connectivity index (χ0) is 24.0. The molecule has 34 heavy (non-hydrogen) atoms. The third-order valence-electron chi connectivity index (χ3n) is 7.81. The van der Waals surface area contributed by atoms with Gasteiger partial charge in [0.05, 0.1) is 11.2 Å². The number of nitrogens with zero attached hydrogens (tertiary/aromatic N) is 4. The van der Waals surface area contributed by atoms with Gasteiger partial charge >= 0.3 is 5.69 Å². The molecule has 10 heteroatoms. The van der Waals surface area contributed by atoms with E-state index in [9.17, 15) is 14.4 Å². The Labute approximate surface area is 197 Å². The Hall–Kier alpha value is -2.72. The molecule has 0 radical (unpaired) electrons. The summed E-state index contributed by atoms with van der Waals surface area (Å²) in [5.74, 6) is -0.625. The van der Waals surface area contributed by atoms with Crippen LogP contribution < -0.4 is 21.6 Å². The van der Waals surface area contributed by atoms with Crippen LogP contribution in [-0.2, 0) is 16.6 Å². The maximum absolute atomic E-state index is 15.7. The number of nitrogens with two attached hydrogens (primary N) is 1. The number of rotatable bonds is 4. The van der Waals surface area contributed by atoms with Crippen molar-refractivity contribution in [1.29, 1.82) is 0 Å². The number of anilines is 1. The number of carbonyl (C=O) groups excluding carboxylic acids is 2. The molecular formula is C24H33FN6O3. The molecule has 2 saturated heterocycles. The number of benzene rings is 1. The molecule has 1 aliphatic carbocycles. The lowest BCUT2D eigenvalue weighted by Gasteiger charge is -2.38. The zero-order valence-electron chi connectivity index (χ0n) is 19.6. The van der Waals surface area contributed by atoms with Crippen LogP contribution in [0.15, 0.2) is 16.9 Å². The first-order valence-electron chi connectivity index (χ1n) is 12.3. The van der Waals surface area contributed by atoms with E-state index in [1.807, 2.05) is 4.90 Å². The average Bonchev–Trinajstić information content (AvgIpc) is 3.07. The molecular weight excluding hydrogens is 439 g/mol. The fraction of sp³-hybridized carbons (Fsp3) is 0.625. The van der Waals surface area contributed by atoms with Crippen molar-refractivity contribution in [3.8, 4) is 0 Å². The van der Waals surface area contributed by atoms with Crippen LogP contribution in [0, 0.1) is 11.7 Å². The molecule has 1 unspecified atom stereocenters. The fourth-order valence-electron chi connectivity index (χ4n) is 5.80. The highest BCUT2D eigenvalue weighted by molar-refractivity contribution is 6.00. The van der Waals surface area contributed by atoms with Gasteiger partial charge in [0.1, 0.15) is 11.6 Å².